The summed E-state index contributed by atoms with van der Waals surface area (Å²) >= 11 is 0. The second-order valence-electron chi connectivity index (χ2n) is 4.97. The van der Waals surface area contributed by atoms with Gasteiger partial charge in [0.15, 0.2) is 0 Å². The highest BCUT2D eigenvalue weighted by Gasteiger charge is 2.43. The molecule has 1 heterocycles. The number of hydrogen-bond donors (Lipinski definition) is 2. The van der Waals surface area contributed by atoms with Crippen LogP contribution in [0.2, 0.25) is 0 Å². The molecule has 0 bridgehead atoms. The zero-order chi connectivity index (χ0) is 12.3. The first-order valence-electron chi connectivity index (χ1n) is 5.72. The lowest BCUT2D eigenvalue weighted by molar-refractivity contribution is -0.130. The van der Waals surface area contributed by atoms with Gasteiger partial charge in [0.25, 0.3) is 5.91 Å². The number of urea groups is 1. The fourth-order valence-corrected chi connectivity index (χ4v) is 1.65. The number of hydrogen-bond acceptors (Lipinski definition) is 3. The molecule has 0 aromatic heterocycles. The lowest BCUT2D eigenvalue weighted by atomic mass is 10.1. The van der Waals surface area contributed by atoms with Gasteiger partial charge in [0, 0.05) is 12.6 Å². The van der Waals surface area contributed by atoms with Crippen molar-refractivity contribution in [2.75, 3.05) is 13.1 Å². The van der Waals surface area contributed by atoms with Gasteiger partial charge >= 0.3 is 6.03 Å². The molecule has 5 heteroatoms. The van der Waals surface area contributed by atoms with Crippen LogP contribution in [-0.2, 0) is 4.79 Å². The molecule has 1 fully saturated rings. The Morgan fingerprint density at radius 3 is 2.44 bits per heavy atom. The summed E-state index contributed by atoms with van der Waals surface area (Å²) in [6.07, 6.45) is 0.785. The quantitative estimate of drug-likeness (QED) is 0.537. The molecule has 0 aromatic carbocycles. The van der Waals surface area contributed by atoms with Crippen LogP contribution in [-0.4, -0.2) is 41.5 Å². The van der Waals surface area contributed by atoms with Gasteiger partial charge < -0.3 is 10.6 Å². The van der Waals surface area contributed by atoms with Gasteiger partial charge in [-0.05, 0) is 26.8 Å². The Hall–Kier alpha value is -1.10. The van der Waals surface area contributed by atoms with Crippen LogP contribution in [0.1, 0.15) is 34.1 Å². The smallest absolute Gasteiger partial charge is 0.324 e. The summed E-state index contributed by atoms with van der Waals surface area (Å²) in [7, 11) is 0. The van der Waals surface area contributed by atoms with Gasteiger partial charge in [-0.25, -0.2) is 4.79 Å². The molecule has 3 amide bonds. The fourth-order valence-electron chi connectivity index (χ4n) is 1.65. The van der Waals surface area contributed by atoms with Crippen LogP contribution in [0.5, 0.6) is 0 Å². The van der Waals surface area contributed by atoms with Crippen molar-refractivity contribution in [3.8, 4) is 0 Å². The van der Waals surface area contributed by atoms with E-state index >= 15 is 0 Å². The van der Waals surface area contributed by atoms with E-state index in [2.05, 4.69) is 24.5 Å². The molecule has 5 nitrogen and oxygen atoms in total. The third-order valence-corrected chi connectivity index (χ3v) is 2.56. The topological polar surface area (TPSA) is 61.4 Å². The van der Waals surface area contributed by atoms with Crippen LogP contribution in [0.25, 0.3) is 0 Å². The van der Waals surface area contributed by atoms with Crippen LogP contribution in [0.15, 0.2) is 0 Å². The van der Waals surface area contributed by atoms with Gasteiger partial charge in [-0.3, -0.25) is 9.69 Å². The highest BCUT2D eigenvalue weighted by Crippen LogP contribution is 2.16. The van der Waals surface area contributed by atoms with Gasteiger partial charge in [0.2, 0.25) is 0 Å². The molecule has 0 spiro atoms. The monoisotopic (exact) mass is 227 g/mol. The first kappa shape index (κ1) is 13.0. The van der Waals surface area contributed by atoms with Crippen molar-refractivity contribution in [2.24, 2.45) is 0 Å². The molecule has 1 aliphatic rings. The zero-order valence-corrected chi connectivity index (χ0v) is 10.5. The van der Waals surface area contributed by atoms with Crippen LogP contribution >= 0.6 is 0 Å². The molecule has 0 unspecified atom stereocenters. The third kappa shape index (κ3) is 2.95. The maximum Gasteiger partial charge on any atom is 0.325 e. The number of imide groups is 1. The van der Waals surface area contributed by atoms with Gasteiger partial charge in [-0.15, -0.1) is 0 Å². The number of amides is 3. The Kier molecular flexibility index (Phi) is 3.91. The molecule has 0 atom stereocenters. The Morgan fingerprint density at radius 2 is 2.00 bits per heavy atom. The third-order valence-electron chi connectivity index (χ3n) is 2.56. The van der Waals surface area contributed by atoms with Crippen molar-refractivity contribution in [3.05, 3.63) is 0 Å². The van der Waals surface area contributed by atoms with Crippen molar-refractivity contribution in [1.82, 2.24) is 15.5 Å². The number of carbonyl (C=O) groups excluding carboxylic acids is 2. The summed E-state index contributed by atoms with van der Waals surface area (Å²) in [6.45, 7) is 8.87. The van der Waals surface area contributed by atoms with Crippen LogP contribution in [0.4, 0.5) is 4.79 Å². The van der Waals surface area contributed by atoms with E-state index in [0.29, 0.717) is 12.6 Å². The normalized spacial score (nSPS) is 19.4. The van der Waals surface area contributed by atoms with E-state index in [1.807, 2.05) is 0 Å². The molecule has 1 aliphatic heterocycles. The molecule has 2 N–H and O–H groups in total. The highest BCUT2D eigenvalue weighted by molar-refractivity contribution is 6.06. The lowest BCUT2D eigenvalue weighted by Gasteiger charge is -2.16. The number of nitrogens with one attached hydrogen (secondary N) is 2. The Labute approximate surface area is 96.6 Å². The fraction of sp³-hybridized carbons (Fsp3) is 0.818. The van der Waals surface area contributed by atoms with E-state index in [1.54, 1.807) is 13.8 Å². The molecule has 0 saturated carbocycles. The molecule has 0 aromatic rings. The Morgan fingerprint density at radius 1 is 1.38 bits per heavy atom. The minimum atomic E-state index is -0.747. The number of nitrogens with zero attached hydrogens (tertiary/aromatic N) is 1. The standard InChI is InChI=1S/C11H21N3O2/c1-8(2)12-6-5-7-14-9(15)11(3,4)13-10(14)16/h8,12H,5-7H2,1-4H3,(H,13,16). The summed E-state index contributed by atoms with van der Waals surface area (Å²) in [4.78, 5) is 24.6. The van der Waals surface area contributed by atoms with E-state index in [4.69, 9.17) is 0 Å². The molecular formula is C11H21N3O2. The second kappa shape index (κ2) is 4.82. The molecule has 16 heavy (non-hydrogen) atoms. The second-order valence-corrected chi connectivity index (χ2v) is 4.97. The van der Waals surface area contributed by atoms with Gasteiger partial charge in [-0.1, -0.05) is 13.8 Å². The minimum Gasteiger partial charge on any atom is -0.324 e. The summed E-state index contributed by atoms with van der Waals surface area (Å²) in [5.41, 5.74) is -0.747. The van der Waals surface area contributed by atoms with Gasteiger partial charge in [0.1, 0.15) is 5.54 Å². The van der Waals surface area contributed by atoms with E-state index in [9.17, 15) is 9.59 Å². The van der Waals surface area contributed by atoms with Crippen LogP contribution < -0.4 is 10.6 Å². The van der Waals surface area contributed by atoms with E-state index in [0.717, 1.165) is 13.0 Å². The Balaban J connectivity index is 2.38. The first-order valence-corrected chi connectivity index (χ1v) is 5.72. The summed E-state index contributed by atoms with van der Waals surface area (Å²) in [5, 5.41) is 5.91. The van der Waals surface area contributed by atoms with Crippen molar-refractivity contribution < 1.29 is 9.59 Å². The van der Waals surface area contributed by atoms with Crippen LogP contribution in [0, 0.1) is 0 Å². The molecule has 1 saturated heterocycles. The Bertz CT molecular complexity index is 287. The van der Waals surface area contributed by atoms with E-state index in [-0.39, 0.29) is 11.9 Å². The molecule has 1 rings (SSSR count). The zero-order valence-electron chi connectivity index (χ0n) is 10.5. The van der Waals surface area contributed by atoms with Gasteiger partial charge in [0.05, 0.1) is 0 Å². The lowest BCUT2D eigenvalue weighted by Crippen LogP contribution is -2.40. The molecule has 92 valence electrons. The van der Waals surface area contributed by atoms with Crippen molar-refractivity contribution in [1.29, 1.82) is 0 Å². The average molecular weight is 227 g/mol. The van der Waals surface area contributed by atoms with Crippen molar-refractivity contribution >= 4 is 11.9 Å². The number of carbonyl (C=O) groups is 2. The molecule has 0 radical (unpaired) electrons. The summed E-state index contributed by atoms with van der Waals surface area (Å²) in [5.74, 6) is -0.137. The van der Waals surface area contributed by atoms with E-state index in [1.165, 1.54) is 4.90 Å². The first-order chi connectivity index (χ1) is 7.34. The SMILES string of the molecule is CC(C)NCCCN1C(=O)NC(C)(C)C1=O. The maximum absolute atomic E-state index is 11.8. The van der Waals surface area contributed by atoms with Crippen molar-refractivity contribution in [2.45, 2.75) is 45.7 Å². The van der Waals surface area contributed by atoms with Crippen molar-refractivity contribution in [3.63, 3.8) is 0 Å². The predicted octanol–water partition coefficient (Wildman–Crippen LogP) is 0.705. The summed E-state index contributed by atoms with van der Waals surface area (Å²) < 4.78 is 0. The summed E-state index contributed by atoms with van der Waals surface area (Å²) in [6, 6.07) is 0.152. The van der Waals surface area contributed by atoms with Gasteiger partial charge in [-0.2, -0.15) is 0 Å². The minimum absolute atomic E-state index is 0.137. The largest absolute Gasteiger partial charge is 0.325 e. The van der Waals surface area contributed by atoms with E-state index < -0.39 is 5.54 Å². The molecule has 0 aliphatic carbocycles. The highest BCUT2D eigenvalue weighted by atomic mass is 16.2. The number of rotatable bonds is 5. The maximum atomic E-state index is 11.8. The predicted molar refractivity (Wildman–Crippen MR) is 62.1 cm³/mol. The van der Waals surface area contributed by atoms with Crippen LogP contribution in [0.3, 0.4) is 0 Å². The average Bonchev–Trinajstić information content (AvgIpc) is 2.33. The molecular weight excluding hydrogens is 206 g/mol.